The van der Waals surface area contributed by atoms with Crippen LogP contribution < -0.4 is 9.62 Å². The maximum absolute atomic E-state index is 14.3. The summed E-state index contributed by atoms with van der Waals surface area (Å²) < 4.78 is 27.4. The van der Waals surface area contributed by atoms with Crippen molar-refractivity contribution in [1.29, 1.82) is 0 Å². The van der Waals surface area contributed by atoms with Crippen molar-refractivity contribution in [1.82, 2.24) is 10.2 Å². The van der Waals surface area contributed by atoms with Crippen LogP contribution in [0.5, 0.6) is 0 Å². The van der Waals surface area contributed by atoms with E-state index in [1.54, 1.807) is 30.3 Å². The Hall–Kier alpha value is -3.07. The summed E-state index contributed by atoms with van der Waals surface area (Å²) in [7, 11) is -3.88. The topological polar surface area (TPSA) is 86.8 Å². The van der Waals surface area contributed by atoms with Crippen LogP contribution in [-0.4, -0.2) is 50.5 Å². The monoisotopic (exact) mass is 631 g/mol. The molecule has 7 nitrogen and oxygen atoms in total. The first-order chi connectivity index (χ1) is 19.8. The third-order valence-corrected chi connectivity index (χ3v) is 8.69. The normalized spacial score (nSPS) is 12.3. The van der Waals surface area contributed by atoms with Crippen molar-refractivity contribution in [3.8, 4) is 0 Å². The molecule has 3 aromatic rings. The van der Waals surface area contributed by atoms with E-state index in [2.05, 4.69) is 5.32 Å². The molecule has 0 radical (unpaired) electrons. The number of rotatable bonds is 13. The Labute approximate surface area is 259 Å². The second kappa shape index (κ2) is 14.9. The van der Waals surface area contributed by atoms with Gasteiger partial charge in [0.1, 0.15) is 12.6 Å². The lowest BCUT2D eigenvalue weighted by Crippen LogP contribution is -2.53. The Bertz CT molecular complexity index is 1460. The van der Waals surface area contributed by atoms with E-state index in [1.165, 1.54) is 4.90 Å². The van der Waals surface area contributed by atoms with Gasteiger partial charge in [-0.05, 0) is 41.2 Å². The minimum absolute atomic E-state index is 0.00577. The molecule has 42 heavy (non-hydrogen) atoms. The van der Waals surface area contributed by atoms with Crippen molar-refractivity contribution in [2.24, 2.45) is 5.92 Å². The number of nitrogens with one attached hydrogen (secondary N) is 1. The van der Waals surface area contributed by atoms with Crippen molar-refractivity contribution in [2.75, 3.05) is 23.7 Å². The summed E-state index contributed by atoms with van der Waals surface area (Å²) in [6.45, 7) is 7.70. The van der Waals surface area contributed by atoms with Gasteiger partial charge in [-0.1, -0.05) is 105 Å². The Morgan fingerprint density at radius 3 is 2.02 bits per heavy atom. The Balaban J connectivity index is 2.13. The summed E-state index contributed by atoms with van der Waals surface area (Å²) in [5.41, 5.74) is 2.52. The predicted molar refractivity (Wildman–Crippen MR) is 172 cm³/mol. The SMILES string of the molecule is CC(C)CNC(=O)[C@@H](Cc1ccccc1)N(Cc1c(Cl)cccc1Cl)C(=O)CN(c1ccccc1C(C)C)S(C)(=O)=O. The molecule has 0 aromatic heterocycles. The summed E-state index contributed by atoms with van der Waals surface area (Å²) in [6.07, 6.45) is 1.28. The third kappa shape index (κ3) is 8.96. The summed E-state index contributed by atoms with van der Waals surface area (Å²) in [4.78, 5) is 29.5. The van der Waals surface area contributed by atoms with Crippen LogP contribution in [0.3, 0.4) is 0 Å². The first-order valence-corrected chi connectivity index (χ1v) is 16.5. The standard InChI is InChI=1S/C32H39Cl2N3O4S/c1-22(2)19-35-32(39)30(18-24-12-7-6-8-13-24)36(20-26-27(33)15-11-16-28(26)34)31(38)21-37(42(5,40)41)29-17-10-9-14-25(29)23(3)4/h6-17,22-23,30H,18-21H2,1-5H3,(H,35,39)/t30-/m1/s1. The summed E-state index contributed by atoms with van der Waals surface area (Å²) in [5, 5.41) is 3.64. The molecule has 0 aliphatic heterocycles. The fourth-order valence-corrected chi connectivity index (χ4v) is 6.01. The molecule has 0 aliphatic rings. The average Bonchev–Trinajstić information content (AvgIpc) is 2.93. The molecule has 2 amide bonds. The molecule has 0 saturated carbocycles. The van der Waals surface area contributed by atoms with Crippen molar-refractivity contribution in [3.63, 3.8) is 0 Å². The van der Waals surface area contributed by atoms with Crippen molar-refractivity contribution in [3.05, 3.63) is 99.5 Å². The molecule has 1 N–H and O–H groups in total. The lowest BCUT2D eigenvalue weighted by atomic mass is 10.0. The number of para-hydroxylation sites is 1. The highest BCUT2D eigenvalue weighted by Gasteiger charge is 2.34. The number of hydrogen-bond donors (Lipinski definition) is 1. The number of anilines is 1. The molecule has 226 valence electrons. The fourth-order valence-electron chi connectivity index (χ4n) is 4.63. The van der Waals surface area contributed by atoms with E-state index in [1.807, 2.05) is 70.2 Å². The van der Waals surface area contributed by atoms with Gasteiger partial charge >= 0.3 is 0 Å². The van der Waals surface area contributed by atoms with Gasteiger partial charge in [-0.3, -0.25) is 13.9 Å². The molecule has 0 fully saturated rings. The lowest BCUT2D eigenvalue weighted by Gasteiger charge is -2.34. The largest absolute Gasteiger partial charge is 0.354 e. The van der Waals surface area contributed by atoms with E-state index in [-0.39, 0.29) is 30.7 Å². The predicted octanol–water partition coefficient (Wildman–Crippen LogP) is 6.30. The zero-order chi connectivity index (χ0) is 31.0. The van der Waals surface area contributed by atoms with E-state index >= 15 is 0 Å². The number of sulfonamides is 1. The first-order valence-electron chi connectivity index (χ1n) is 13.9. The Morgan fingerprint density at radius 2 is 1.45 bits per heavy atom. The quantitative estimate of drug-likeness (QED) is 0.240. The number of carbonyl (C=O) groups is 2. The van der Waals surface area contributed by atoms with Crippen molar-refractivity contribution in [2.45, 2.75) is 52.6 Å². The van der Waals surface area contributed by atoms with Crippen LogP contribution in [0.15, 0.2) is 72.8 Å². The molecule has 0 saturated heterocycles. The molecular weight excluding hydrogens is 593 g/mol. The number of benzene rings is 3. The minimum Gasteiger partial charge on any atom is -0.354 e. The van der Waals surface area contributed by atoms with Crippen LogP contribution >= 0.6 is 23.2 Å². The Kier molecular flexibility index (Phi) is 11.9. The molecule has 1 atom stereocenters. The van der Waals surface area contributed by atoms with Gasteiger partial charge in [0.05, 0.1) is 11.9 Å². The minimum atomic E-state index is -3.88. The van der Waals surface area contributed by atoms with Crippen LogP contribution in [0.2, 0.25) is 10.0 Å². The molecule has 0 heterocycles. The van der Waals surface area contributed by atoms with Crippen LogP contribution in [0.1, 0.15) is 50.3 Å². The molecule has 3 aromatic carbocycles. The van der Waals surface area contributed by atoms with Gasteiger partial charge in [-0.2, -0.15) is 0 Å². The highest BCUT2D eigenvalue weighted by molar-refractivity contribution is 7.92. The van der Waals surface area contributed by atoms with Gasteiger partial charge in [-0.25, -0.2) is 8.42 Å². The highest BCUT2D eigenvalue weighted by Crippen LogP contribution is 2.31. The molecule has 0 unspecified atom stereocenters. The van der Waals surface area contributed by atoms with Gasteiger partial charge < -0.3 is 10.2 Å². The van der Waals surface area contributed by atoms with E-state index in [4.69, 9.17) is 23.2 Å². The molecule has 3 rings (SSSR count). The smallest absolute Gasteiger partial charge is 0.244 e. The zero-order valence-electron chi connectivity index (χ0n) is 24.7. The van der Waals surface area contributed by atoms with Gasteiger partial charge in [-0.15, -0.1) is 0 Å². The number of hydrogen-bond acceptors (Lipinski definition) is 4. The second-order valence-electron chi connectivity index (χ2n) is 11.0. The second-order valence-corrected chi connectivity index (χ2v) is 13.8. The van der Waals surface area contributed by atoms with Gasteiger partial charge in [0.25, 0.3) is 0 Å². The summed E-state index contributed by atoms with van der Waals surface area (Å²) in [5.74, 6) is -0.721. The summed E-state index contributed by atoms with van der Waals surface area (Å²) >= 11 is 13.1. The fraction of sp³-hybridized carbons (Fsp3) is 0.375. The van der Waals surface area contributed by atoms with Gasteiger partial charge in [0, 0.05) is 35.1 Å². The van der Waals surface area contributed by atoms with Crippen LogP contribution in [0.25, 0.3) is 0 Å². The van der Waals surface area contributed by atoms with E-state index < -0.39 is 28.5 Å². The van der Waals surface area contributed by atoms with Crippen LogP contribution in [0, 0.1) is 5.92 Å². The van der Waals surface area contributed by atoms with E-state index in [0.717, 1.165) is 21.7 Å². The number of nitrogens with zero attached hydrogens (tertiary/aromatic N) is 2. The number of halogens is 2. The van der Waals surface area contributed by atoms with E-state index in [9.17, 15) is 18.0 Å². The maximum atomic E-state index is 14.3. The van der Waals surface area contributed by atoms with Gasteiger partial charge in [0.15, 0.2) is 0 Å². The number of carbonyl (C=O) groups excluding carboxylic acids is 2. The highest BCUT2D eigenvalue weighted by atomic mass is 35.5. The molecule has 10 heteroatoms. The van der Waals surface area contributed by atoms with E-state index in [0.29, 0.717) is 27.8 Å². The van der Waals surface area contributed by atoms with Gasteiger partial charge in [0.2, 0.25) is 21.8 Å². The molecule has 0 aliphatic carbocycles. The lowest BCUT2D eigenvalue weighted by molar-refractivity contribution is -0.140. The average molecular weight is 633 g/mol. The molecular formula is C32H39Cl2N3O4S. The third-order valence-electron chi connectivity index (χ3n) is 6.85. The first kappa shape index (κ1) is 33.4. The Morgan fingerprint density at radius 1 is 0.857 bits per heavy atom. The zero-order valence-corrected chi connectivity index (χ0v) is 27.0. The van der Waals surface area contributed by atoms with Crippen molar-refractivity contribution < 1.29 is 18.0 Å². The van der Waals surface area contributed by atoms with Crippen LogP contribution in [-0.2, 0) is 32.6 Å². The molecule has 0 spiro atoms. The van der Waals surface area contributed by atoms with Crippen molar-refractivity contribution >= 4 is 50.7 Å². The summed E-state index contributed by atoms with van der Waals surface area (Å²) in [6, 6.07) is 20.6. The maximum Gasteiger partial charge on any atom is 0.244 e. The molecule has 0 bridgehead atoms. The number of amides is 2. The van der Waals surface area contributed by atoms with Crippen LogP contribution in [0.4, 0.5) is 5.69 Å².